The van der Waals surface area contributed by atoms with E-state index in [1.54, 1.807) is 55.7 Å². The van der Waals surface area contributed by atoms with Crippen LogP contribution in [0.25, 0.3) is 5.76 Å². The van der Waals surface area contributed by atoms with E-state index in [0.29, 0.717) is 30.8 Å². The van der Waals surface area contributed by atoms with Gasteiger partial charge in [0.1, 0.15) is 5.76 Å². The Hall–Kier alpha value is -3.75. The molecule has 1 atom stereocenters. The van der Waals surface area contributed by atoms with Crippen LogP contribution in [0.3, 0.4) is 0 Å². The van der Waals surface area contributed by atoms with Gasteiger partial charge in [0, 0.05) is 50.6 Å². The van der Waals surface area contributed by atoms with Crippen LogP contribution in [-0.2, 0) is 23.2 Å². The number of rotatable bonds is 6. The number of hydrogen-bond acceptors (Lipinski definition) is 6. The minimum atomic E-state index is -0.690. The molecule has 1 N–H and O–H groups in total. The van der Waals surface area contributed by atoms with Gasteiger partial charge in [0.25, 0.3) is 11.7 Å². The lowest BCUT2D eigenvalue weighted by Crippen LogP contribution is -2.31. The van der Waals surface area contributed by atoms with Gasteiger partial charge in [-0.3, -0.25) is 19.3 Å². The Morgan fingerprint density at radius 2 is 1.84 bits per heavy atom. The predicted octanol–water partition coefficient (Wildman–Crippen LogP) is 2.14. The van der Waals surface area contributed by atoms with Crippen LogP contribution in [0.5, 0.6) is 0 Å². The van der Waals surface area contributed by atoms with Crippen molar-refractivity contribution in [1.82, 2.24) is 29.2 Å². The fraction of sp³-hybridized carbons (Fsp3) is 0.318. The van der Waals surface area contributed by atoms with Gasteiger partial charge in [-0.1, -0.05) is 0 Å². The molecular formula is C22H24N6O3. The van der Waals surface area contributed by atoms with Gasteiger partial charge in [-0.05, 0) is 38.0 Å². The molecule has 0 saturated carbocycles. The molecule has 1 amide bonds. The highest BCUT2D eigenvalue weighted by Gasteiger charge is 2.46. The maximum absolute atomic E-state index is 13.1. The molecule has 0 aromatic carbocycles. The molecule has 4 heterocycles. The molecule has 31 heavy (non-hydrogen) atoms. The highest BCUT2D eigenvalue weighted by atomic mass is 16.3. The van der Waals surface area contributed by atoms with Crippen LogP contribution in [0.2, 0.25) is 0 Å². The van der Waals surface area contributed by atoms with Gasteiger partial charge < -0.3 is 14.6 Å². The van der Waals surface area contributed by atoms with E-state index in [-0.39, 0.29) is 11.3 Å². The molecule has 3 aromatic rings. The molecule has 3 aromatic heterocycles. The molecule has 0 radical (unpaired) electrons. The number of imidazole rings is 1. The second kappa shape index (κ2) is 8.17. The number of carbonyl (C=O) groups excluding carboxylic acids is 2. The molecule has 0 unspecified atom stereocenters. The minimum absolute atomic E-state index is 0.0815. The van der Waals surface area contributed by atoms with E-state index in [9.17, 15) is 14.7 Å². The number of ketones is 1. The second-order valence-corrected chi connectivity index (χ2v) is 7.60. The molecule has 9 nitrogen and oxygen atoms in total. The zero-order valence-electron chi connectivity index (χ0n) is 17.7. The summed E-state index contributed by atoms with van der Waals surface area (Å²) in [7, 11) is 1.77. The van der Waals surface area contributed by atoms with Crippen molar-refractivity contribution in [3.8, 4) is 0 Å². The largest absolute Gasteiger partial charge is 0.507 e. The summed E-state index contributed by atoms with van der Waals surface area (Å²) in [5, 5.41) is 15.5. The first-order chi connectivity index (χ1) is 14.9. The number of pyridine rings is 1. The monoisotopic (exact) mass is 420 g/mol. The van der Waals surface area contributed by atoms with Crippen molar-refractivity contribution in [2.24, 2.45) is 7.05 Å². The number of hydrogen-bond donors (Lipinski definition) is 1. The number of aromatic nitrogens is 5. The van der Waals surface area contributed by atoms with E-state index in [1.165, 1.54) is 4.90 Å². The lowest BCUT2D eigenvalue weighted by atomic mass is 9.95. The number of aliphatic hydroxyl groups is 1. The van der Waals surface area contributed by atoms with E-state index in [4.69, 9.17) is 0 Å². The number of carbonyl (C=O) groups is 2. The van der Waals surface area contributed by atoms with Crippen molar-refractivity contribution >= 4 is 17.4 Å². The lowest BCUT2D eigenvalue weighted by Gasteiger charge is -2.25. The van der Waals surface area contributed by atoms with Gasteiger partial charge in [-0.25, -0.2) is 4.98 Å². The summed E-state index contributed by atoms with van der Waals surface area (Å²) in [6.45, 7) is 4.60. The fourth-order valence-electron chi connectivity index (χ4n) is 4.10. The fourth-order valence-corrected chi connectivity index (χ4v) is 4.10. The van der Waals surface area contributed by atoms with Gasteiger partial charge in [0.05, 0.1) is 29.2 Å². The zero-order chi connectivity index (χ0) is 22.1. The van der Waals surface area contributed by atoms with E-state index in [1.807, 2.05) is 17.7 Å². The minimum Gasteiger partial charge on any atom is -0.507 e. The average Bonchev–Trinajstić information content (AvgIpc) is 3.43. The number of aliphatic hydroxyl groups excluding tert-OH is 1. The first kappa shape index (κ1) is 20.5. The molecule has 1 saturated heterocycles. The van der Waals surface area contributed by atoms with Crippen LogP contribution in [0.15, 0.2) is 48.8 Å². The Morgan fingerprint density at radius 3 is 2.45 bits per heavy atom. The molecular weight excluding hydrogens is 396 g/mol. The van der Waals surface area contributed by atoms with Gasteiger partial charge in [-0.15, -0.1) is 0 Å². The Morgan fingerprint density at radius 1 is 1.10 bits per heavy atom. The van der Waals surface area contributed by atoms with E-state index < -0.39 is 17.7 Å². The summed E-state index contributed by atoms with van der Waals surface area (Å²) in [4.78, 5) is 35.6. The Labute approximate surface area is 179 Å². The number of amides is 1. The molecule has 0 aliphatic carbocycles. The topological polar surface area (TPSA) is 106 Å². The Kier molecular flexibility index (Phi) is 5.41. The third-order valence-electron chi connectivity index (χ3n) is 5.68. The van der Waals surface area contributed by atoms with Crippen molar-refractivity contribution in [1.29, 1.82) is 0 Å². The maximum atomic E-state index is 13.1. The summed E-state index contributed by atoms with van der Waals surface area (Å²) in [5.74, 6) is -1.50. The summed E-state index contributed by atoms with van der Waals surface area (Å²) in [6, 6.07) is 2.83. The lowest BCUT2D eigenvalue weighted by molar-refractivity contribution is -0.139. The van der Waals surface area contributed by atoms with Gasteiger partial charge in [-0.2, -0.15) is 5.10 Å². The quantitative estimate of drug-likeness (QED) is 0.372. The Bertz CT molecular complexity index is 1150. The molecule has 1 fully saturated rings. The molecule has 160 valence electrons. The van der Waals surface area contributed by atoms with Crippen molar-refractivity contribution < 1.29 is 14.7 Å². The third-order valence-corrected chi connectivity index (χ3v) is 5.68. The zero-order valence-corrected chi connectivity index (χ0v) is 17.7. The van der Waals surface area contributed by atoms with E-state index in [2.05, 4.69) is 15.1 Å². The van der Waals surface area contributed by atoms with Crippen molar-refractivity contribution in [3.05, 3.63) is 71.3 Å². The van der Waals surface area contributed by atoms with Crippen LogP contribution >= 0.6 is 0 Å². The molecule has 1 aliphatic heterocycles. The number of Topliss-reactive ketones (excluding diaryl/α,β-unsaturated/α-hetero) is 1. The third kappa shape index (κ3) is 3.63. The van der Waals surface area contributed by atoms with Crippen molar-refractivity contribution in [2.75, 3.05) is 6.54 Å². The van der Waals surface area contributed by atoms with Crippen molar-refractivity contribution in [3.63, 3.8) is 0 Å². The number of aryl methyl sites for hydroxylation is 3. The van der Waals surface area contributed by atoms with Crippen LogP contribution in [0.1, 0.15) is 35.0 Å². The first-order valence-electron chi connectivity index (χ1n) is 10.0. The highest BCUT2D eigenvalue weighted by molar-refractivity contribution is 6.46. The SMILES string of the molecule is Cc1nn(C)c(C)c1/C(O)=C1\C(=O)C(=O)N(CCCn2ccnc2)[C@H]1c1ccncc1. The summed E-state index contributed by atoms with van der Waals surface area (Å²) in [6.07, 6.45) is 9.12. The smallest absolute Gasteiger partial charge is 0.295 e. The first-order valence-corrected chi connectivity index (χ1v) is 10.0. The summed E-state index contributed by atoms with van der Waals surface area (Å²) in [5.41, 5.74) is 2.60. The van der Waals surface area contributed by atoms with Gasteiger partial charge >= 0.3 is 0 Å². The van der Waals surface area contributed by atoms with Crippen LogP contribution < -0.4 is 0 Å². The standard InChI is InChI=1S/C22H24N6O3/c1-14-17(15(2)26(3)25-14)20(29)18-19(16-5-7-23-8-6-16)28(22(31)21(18)30)11-4-10-27-12-9-24-13-27/h5-9,12-13,19,29H,4,10-11H2,1-3H3/b20-18+/t19-/m0/s1. The normalized spacial score (nSPS) is 18.2. The molecule has 9 heteroatoms. The van der Waals surface area contributed by atoms with Gasteiger partial charge in [0.2, 0.25) is 0 Å². The highest BCUT2D eigenvalue weighted by Crippen LogP contribution is 2.40. The van der Waals surface area contributed by atoms with Crippen LogP contribution in [0.4, 0.5) is 0 Å². The summed E-state index contributed by atoms with van der Waals surface area (Å²) >= 11 is 0. The predicted molar refractivity (Wildman–Crippen MR) is 113 cm³/mol. The van der Waals surface area contributed by atoms with E-state index >= 15 is 0 Å². The van der Waals surface area contributed by atoms with Crippen molar-refractivity contribution in [2.45, 2.75) is 32.9 Å². The van der Waals surface area contributed by atoms with Crippen LogP contribution in [-0.4, -0.2) is 52.6 Å². The summed E-state index contributed by atoms with van der Waals surface area (Å²) < 4.78 is 3.56. The average molecular weight is 420 g/mol. The maximum Gasteiger partial charge on any atom is 0.295 e. The number of nitrogens with zero attached hydrogens (tertiary/aromatic N) is 6. The van der Waals surface area contributed by atoms with E-state index in [0.717, 1.165) is 11.3 Å². The molecule has 0 spiro atoms. The molecule has 1 aliphatic rings. The number of likely N-dealkylation sites (tertiary alicyclic amines) is 1. The molecule has 0 bridgehead atoms. The van der Waals surface area contributed by atoms with Crippen LogP contribution in [0, 0.1) is 13.8 Å². The Balaban J connectivity index is 1.76. The molecule has 4 rings (SSSR count). The van der Waals surface area contributed by atoms with Gasteiger partial charge in [0.15, 0.2) is 0 Å². The second-order valence-electron chi connectivity index (χ2n) is 7.60.